The predicted molar refractivity (Wildman–Crippen MR) is 161 cm³/mol. The van der Waals surface area contributed by atoms with Crippen molar-refractivity contribution < 1.29 is 27.9 Å². The number of fused-ring (bicyclic) bond motifs is 5. The van der Waals surface area contributed by atoms with Crippen molar-refractivity contribution in [1.82, 2.24) is 9.80 Å². The molecule has 3 fully saturated rings. The largest absolute Gasteiger partial charge is 0.450 e. The molecular formula is C35H33F2N3O4. The Hall–Kier alpha value is -4.37. The van der Waals surface area contributed by atoms with Gasteiger partial charge in [0.05, 0.1) is 18.6 Å². The summed E-state index contributed by atoms with van der Waals surface area (Å²) in [5, 5.41) is 3.08. The van der Waals surface area contributed by atoms with E-state index in [0.717, 1.165) is 12.0 Å². The summed E-state index contributed by atoms with van der Waals surface area (Å²) in [5.74, 6) is -2.01. The molecule has 7 rings (SSSR count). The summed E-state index contributed by atoms with van der Waals surface area (Å²) >= 11 is 0. The zero-order chi connectivity index (χ0) is 30.9. The first kappa shape index (κ1) is 28.4. The average Bonchev–Trinajstić information content (AvgIpc) is 3.59. The van der Waals surface area contributed by atoms with Crippen molar-refractivity contribution in [2.75, 3.05) is 31.6 Å². The molecule has 2 spiro atoms. The lowest BCUT2D eigenvalue weighted by Crippen LogP contribution is -2.66. The summed E-state index contributed by atoms with van der Waals surface area (Å²) in [7, 11) is 0. The van der Waals surface area contributed by atoms with Crippen molar-refractivity contribution in [1.29, 1.82) is 0 Å². The Morgan fingerprint density at radius 1 is 1.02 bits per heavy atom. The van der Waals surface area contributed by atoms with Crippen LogP contribution in [0.15, 0.2) is 78.4 Å². The number of halogens is 2. The fourth-order valence-corrected chi connectivity index (χ4v) is 8.78. The summed E-state index contributed by atoms with van der Waals surface area (Å²) in [6.07, 6.45) is 2.57. The molecule has 0 aliphatic carbocycles. The Balaban J connectivity index is 1.56. The van der Waals surface area contributed by atoms with E-state index >= 15 is 4.79 Å². The number of Topliss-reactive ketones (excluding diaryl/α,β-unsaturated/α-hetero) is 1. The molecule has 44 heavy (non-hydrogen) atoms. The van der Waals surface area contributed by atoms with Crippen molar-refractivity contribution in [3.8, 4) is 0 Å². The second-order valence-corrected chi connectivity index (χ2v) is 12.4. The molecule has 2 amide bonds. The minimum atomic E-state index is -1.52. The summed E-state index contributed by atoms with van der Waals surface area (Å²) in [6, 6.07) is 19.4. The van der Waals surface area contributed by atoms with Crippen LogP contribution in [0.25, 0.3) is 6.08 Å². The van der Waals surface area contributed by atoms with E-state index < -0.39 is 40.1 Å². The third kappa shape index (κ3) is 3.71. The summed E-state index contributed by atoms with van der Waals surface area (Å²) in [4.78, 5) is 47.5. The van der Waals surface area contributed by atoms with Crippen molar-refractivity contribution in [2.45, 2.75) is 43.7 Å². The highest BCUT2D eigenvalue weighted by Crippen LogP contribution is 2.72. The van der Waals surface area contributed by atoms with E-state index in [0.29, 0.717) is 35.4 Å². The number of nitrogens with zero attached hydrogens (tertiary/aromatic N) is 2. The number of hydrogen-bond acceptors (Lipinski definition) is 5. The number of piperidine rings is 1. The Morgan fingerprint density at radius 2 is 1.70 bits per heavy atom. The molecule has 0 unspecified atom stereocenters. The molecule has 9 heteroatoms. The smallest absolute Gasteiger partial charge is 0.410 e. The molecule has 4 heterocycles. The van der Waals surface area contributed by atoms with Crippen LogP contribution in [-0.2, 0) is 19.9 Å². The van der Waals surface area contributed by atoms with E-state index in [1.807, 2.05) is 24.3 Å². The number of ether oxygens (including phenoxy) is 1. The third-order valence-electron chi connectivity index (χ3n) is 10.2. The van der Waals surface area contributed by atoms with Gasteiger partial charge < -0.3 is 15.0 Å². The highest BCUT2D eigenvalue weighted by Gasteiger charge is 2.81. The van der Waals surface area contributed by atoms with Gasteiger partial charge in [0, 0.05) is 41.4 Å². The maximum Gasteiger partial charge on any atom is 0.410 e. The molecule has 3 aromatic carbocycles. The summed E-state index contributed by atoms with van der Waals surface area (Å²) in [6.45, 7) is 4.37. The number of anilines is 1. The first-order valence-electron chi connectivity index (χ1n) is 15.0. The van der Waals surface area contributed by atoms with Crippen LogP contribution in [-0.4, -0.2) is 59.4 Å². The molecular weight excluding hydrogens is 564 g/mol. The van der Waals surface area contributed by atoms with E-state index in [2.05, 4.69) is 17.1 Å². The number of likely N-dealkylation sites (tertiary alicyclic amines) is 1. The minimum Gasteiger partial charge on any atom is -0.450 e. The number of rotatable bonds is 3. The number of carbonyl (C=O) groups is 3. The van der Waals surface area contributed by atoms with E-state index in [9.17, 15) is 18.4 Å². The molecule has 0 aromatic heterocycles. The molecule has 4 aliphatic heterocycles. The van der Waals surface area contributed by atoms with Crippen LogP contribution in [0.3, 0.4) is 0 Å². The van der Waals surface area contributed by atoms with Crippen molar-refractivity contribution >= 4 is 29.5 Å². The Kier molecular flexibility index (Phi) is 6.51. The number of nitrogens with one attached hydrogen (secondary N) is 1. The van der Waals surface area contributed by atoms with E-state index in [4.69, 9.17) is 4.74 Å². The fourth-order valence-electron chi connectivity index (χ4n) is 8.78. The molecule has 0 saturated carbocycles. The molecule has 3 aromatic rings. The van der Waals surface area contributed by atoms with Crippen molar-refractivity contribution in [3.05, 3.63) is 107 Å². The molecule has 4 aliphatic rings. The van der Waals surface area contributed by atoms with Gasteiger partial charge in [-0.2, -0.15) is 0 Å². The Labute approximate surface area is 254 Å². The van der Waals surface area contributed by atoms with Gasteiger partial charge >= 0.3 is 6.09 Å². The number of para-hydroxylation sites is 1. The second-order valence-electron chi connectivity index (χ2n) is 12.4. The first-order chi connectivity index (χ1) is 21.2. The maximum absolute atomic E-state index is 15.5. The molecule has 1 N–H and O–H groups in total. The minimum absolute atomic E-state index is 0.0387. The number of ketones is 1. The molecule has 7 nitrogen and oxygen atoms in total. The molecule has 226 valence electrons. The molecule has 4 atom stereocenters. The van der Waals surface area contributed by atoms with E-state index in [-0.39, 0.29) is 31.4 Å². The van der Waals surface area contributed by atoms with Gasteiger partial charge in [0.25, 0.3) is 5.91 Å². The van der Waals surface area contributed by atoms with Gasteiger partial charge in [-0.15, -0.1) is 0 Å². The van der Waals surface area contributed by atoms with Gasteiger partial charge in [-0.3, -0.25) is 14.5 Å². The molecule has 0 bridgehead atoms. The number of amides is 2. The van der Waals surface area contributed by atoms with Crippen LogP contribution in [0.1, 0.15) is 49.3 Å². The van der Waals surface area contributed by atoms with Crippen LogP contribution in [0, 0.1) is 17.0 Å². The zero-order valence-electron chi connectivity index (χ0n) is 24.6. The van der Waals surface area contributed by atoms with Gasteiger partial charge in [0.1, 0.15) is 17.2 Å². The van der Waals surface area contributed by atoms with E-state index in [1.165, 1.54) is 29.2 Å². The highest BCUT2D eigenvalue weighted by atomic mass is 19.1. The normalized spacial score (nSPS) is 30.2. The highest BCUT2D eigenvalue weighted by molar-refractivity contribution is 6.16. The molecule has 3 saturated heterocycles. The van der Waals surface area contributed by atoms with Gasteiger partial charge in [0.2, 0.25) is 0 Å². The monoisotopic (exact) mass is 597 g/mol. The van der Waals surface area contributed by atoms with Crippen LogP contribution in [0.4, 0.5) is 19.3 Å². The van der Waals surface area contributed by atoms with E-state index in [1.54, 1.807) is 37.3 Å². The maximum atomic E-state index is 15.5. The quantitative estimate of drug-likeness (QED) is 0.382. The Bertz CT molecular complexity index is 1710. The zero-order valence-corrected chi connectivity index (χ0v) is 24.6. The van der Waals surface area contributed by atoms with Crippen LogP contribution in [0.5, 0.6) is 0 Å². The summed E-state index contributed by atoms with van der Waals surface area (Å²) in [5.41, 5.74) is -0.769. The fraction of sp³-hybridized carbons (Fsp3) is 0.343. The van der Waals surface area contributed by atoms with Crippen LogP contribution < -0.4 is 5.32 Å². The van der Waals surface area contributed by atoms with Gasteiger partial charge in [-0.25, -0.2) is 13.6 Å². The van der Waals surface area contributed by atoms with Gasteiger partial charge in [-0.05, 0) is 74.2 Å². The van der Waals surface area contributed by atoms with Crippen LogP contribution >= 0.6 is 0 Å². The lowest BCUT2D eigenvalue weighted by Gasteiger charge is -2.51. The number of carbonyl (C=O) groups excluding carboxylic acids is 3. The van der Waals surface area contributed by atoms with Crippen molar-refractivity contribution in [2.24, 2.45) is 5.41 Å². The second kappa shape index (κ2) is 10.1. The topological polar surface area (TPSA) is 79.0 Å². The average molecular weight is 598 g/mol. The SMILES string of the molecule is CCOC(=O)N1C/C(=C\c2ccc(F)cc2)C(=O)[C@@]2(C1)[C@H](c1ccc(F)cc1)[C@@]1(C)CCCN1[C@]21C(=O)Nc2ccccc21. The van der Waals surface area contributed by atoms with Gasteiger partial charge in [-0.1, -0.05) is 42.5 Å². The summed E-state index contributed by atoms with van der Waals surface area (Å²) < 4.78 is 33.7. The lowest BCUT2D eigenvalue weighted by molar-refractivity contribution is -0.147. The van der Waals surface area contributed by atoms with Crippen LogP contribution in [0.2, 0.25) is 0 Å². The number of hydrogen-bond donors (Lipinski definition) is 1. The first-order valence-corrected chi connectivity index (χ1v) is 15.0. The van der Waals surface area contributed by atoms with Gasteiger partial charge in [0.15, 0.2) is 5.78 Å². The number of benzene rings is 3. The van der Waals surface area contributed by atoms with Crippen molar-refractivity contribution in [3.63, 3.8) is 0 Å². The molecule has 0 radical (unpaired) electrons. The lowest BCUT2D eigenvalue weighted by atomic mass is 9.53. The standard InChI is InChI=1S/C35H33F2N3O4/c1-3-44-32(43)39-20-24(19-22-9-13-25(36)14-10-22)30(41)34(21-39)29(23-11-15-26(37)16-12-23)33(2)17-6-18-40(33)35(34)27-7-4-5-8-28(27)38-31(35)42/h4-5,7-16,19,29H,3,6,17-18,20-21H2,1-2H3,(H,38,42)/b24-19+/t29-,33-,34-,35-/m1/s1. The predicted octanol–water partition coefficient (Wildman–Crippen LogP) is 5.88. The Morgan fingerprint density at radius 3 is 2.41 bits per heavy atom. The third-order valence-corrected chi connectivity index (χ3v) is 10.2.